The van der Waals surface area contributed by atoms with Crippen LogP contribution in [0.2, 0.25) is 0 Å². The summed E-state index contributed by atoms with van der Waals surface area (Å²) in [5.41, 5.74) is 1.28. The quantitative estimate of drug-likeness (QED) is 0.796. The summed E-state index contributed by atoms with van der Waals surface area (Å²) in [5.74, 6) is 0.941. The molecular weight excluding hydrogens is 291 g/mol. The summed E-state index contributed by atoms with van der Waals surface area (Å²) < 4.78 is 13.8. The van der Waals surface area contributed by atoms with Gasteiger partial charge in [0.2, 0.25) is 5.95 Å². The van der Waals surface area contributed by atoms with Gasteiger partial charge in [-0.15, -0.1) is 0 Å². The van der Waals surface area contributed by atoms with Crippen LogP contribution in [0.15, 0.2) is 30.3 Å². The fraction of sp³-hybridized carbons (Fsp3) is 0.444. The third-order valence-corrected chi connectivity index (χ3v) is 4.18. The minimum Gasteiger partial charge on any atom is -0.351 e. The molecule has 1 fully saturated rings. The Kier molecular flexibility index (Phi) is 5.05. The number of benzene rings is 1. The number of hydrogen-bond acceptors (Lipinski definition) is 4. The predicted molar refractivity (Wildman–Crippen MR) is 91.6 cm³/mol. The van der Waals surface area contributed by atoms with Crippen molar-refractivity contribution in [2.45, 2.75) is 51.5 Å². The van der Waals surface area contributed by atoms with Gasteiger partial charge >= 0.3 is 0 Å². The van der Waals surface area contributed by atoms with Crippen LogP contribution in [-0.4, -0.2) is 16.0 Å². The van der Waals surface area contributed by atoms with Crippen LogP contribution in [0.3, 0.4) is 0 Å². The van der Waals surface area contributed by atoms with Crippen LogP contribution in [0, 0.1) is 12.7 Å². The molecule has 2 N–H and O–H groups in total. The van der Waals surface area contributed by atoms with E-state index in [1.807, 2.05) is 13.0 Å². The molecule has 0 amide bonds. The van der Waals surface area contributed by atoms with E-state index in [0.29, 0.717) is 23.5 Å². The summed E-state index contributed by atoms with van der Waals surface area (Å²) in [5, 5.41) is 6.48. The van der Waals surface area contributed by atoms with Gasteiger partial charge in [-0.05, 0) is 31.9 Å². The third-order valence-electron chi connectivity index (χ3n) is 4.18. The van der Waals surface area contributed by atoms with Crippen molar-refractivity contribution >= 4 is 17.5 Å². The molecule has 1 heterocycles. The van der Waals surface area contributed by atoms with Crippen molar-refractivity contribution in [1.29, 1.82) is 0 Å². The zero-order valence-corrected chi connectivity index (χ0v) is 13.5. The summed E-state index contributed by atoms with van der Waals surface area (Å²) in [6, 6.07) is 8.85. The van der Waals surface area contributed by atoms with Gasteiger partial charge in [-0.2, -0.15) is 4.98 Å². The highest BCUT2D eigenvalue weighted by molar-refractivity contribution is 5.58. The van der Waals surface area contributed by atoms with Gasteiger partial charge in [0.1, 0.15) is 11.6 Å². The van der Waals surface area contributed by atoms with E-state index >= 15 is 0 Å². The molecule has 0 spiro atoms. The van der Waals surface area contributed by atoms with E-state index in [9.17, 15) is 4.39 Å². The molecule has 122 valence electrons. The van der Waals surface area contributed by atoms with Crippen LogP contribution in [0.4, 0.5) is 21.8 Å². The van der Waals surface area contributed by atoms with Crippen LogP contribution in [0.5, 0.6) is 0 Å². The number of aryl methyl sites for hydroxylation is 1. The molecule has 1 aromatic carbocycles. The fourth-order valence-electron chi connectivity index (χ4n) is 3.00. The van der Waals surface area contributed by atoms with Crippen LogP contribution >= 0.6 is 0 Å². The van der Waals surface area contributed by atoms with Gasteiger partial charge in [0, 0.05) is 17.8 Å². The lowest BCUT2D eigenvalue weighted by atomic mass is 10.1. The number of para-hydroxylation sites is 1. The summed E-state index contributed by atoms with van der Waals surface area (Å²) in [6.07, 6.45) is 7.45. The summed E-state index contributed by atoms with van der Waals surface area (Å²) in [6.45, 7) is 1.92. The number of halogens is 1. The smallest absolute Gasteiger partial charge is 0.225 e. The lowest BCUT2D eigenvalue weighted by Crippen LogP contribution is -2.20. The molecule has 1 aromatic heterocycles. The van der Waals surface area contributed by atoms with E-state index in [0.717, 1.165) is 18.5 Å². The number of nitrogens with zero attached hydrogens (tertiary/aromatic N) is 2. The summed E-state index contributed by atoms with van der Waals surface area (Å²) in [7, 11) is 0. The van der Waals surface area contributed by atoms with Gasteiger partial charge in [-0.25, -0.2) is 9.37 Å². The molecule has 1 saturated carbocycles. The van der Waals surface area contributed by atoms with E-state index < -0.39 is 0 Å². The zero-order chi connectivity index (χ0) is 16.1. The van der Waals surface area contributed by atoms with E-state index in [-0.39, 0.29) is 5.82 Å². The Morgan fingerprint density at radius 2 is 1.78 bits per heavy atom. The molecule has 23 heavy (non-hydrogen) atoms. The molecule has 0 saturated heterocycles. The van der Waals surface area contributed by atoms with Gasteiger partial charge < -0.3 is 10.6 Å². The highest BCUT2D eigenvalue weighted by Crippen LogP contribution is 2.22. The maximum absolute atomic E-state index is 13.8. The van der Waals surface area contributed by atoms with E-state index in [1.54, 1.807) is 18.2 Å². The molecule has 0 radical (unpaired) electrons. The van der Waals surface area contributed by atoms with Gasteiger partial charge in [0.15, 0.2) is 0 Å². The van der Waals surface area contributed by atoms with E-state index in [2.05, 4.69) is 20.6 Å². The number of rotatable bonds is 4. The molecule has 1 aliphatic carbocycles. The topological polar surface area (TPSA) is 49.8 Å². The highest BCUT2D eigenvalue weighted by Gasteiger charge is 2.14. The van der Waals surface area contributed by atoms with Gasteiger partial charge in [0.05, 0.1) is 5.69 Å². The van der Waals surface area contributed by atoms with Crippen molar-refractivity contribution in [2.75, 3.05) is 10.6 Å². The van der Waals surface area contributed by atoms with Crippen LogP contribution in [0.25, 0.3) is 0 Å². The number of anilines is 3. The first-order chi connectivity index (χ1) is 11.2. The maximum atomic E-state index is 13.8. The third kappa shape index (κ3) is 4.41. The standard InChI is InChI=1S/C18H23FN4/c1-13-12-17(22-16-11-7-6-10-15(16)19)23-18(20-13)21-14-8-4-2-3-5-9-14/h6-7,10-12,14H,2-5,8-9H2,1H3,(H2,20,21,22,23). The van der Waals surface area contributed by atoms with Crippen LogP contribution in [-0.2, 0) is 0 Å². The summed E-state index contributed by atoms with van der Waals surface area (Å²) in [4.78, 5) is 8.96. The second kappa shape index (κ2) is 7.40. The molecule has 3 rings (SSSR count). The van der Waals surface area contributed by atoms with Gasteiger partial charge in [-0.3, -0.25) is 0 Å². The van der Waals surface area contributed by atoms with Crippen molar-refractivity contribution in [1.82, 2.24) is 9.97 Å². The summed E-state index contributed by atoms with van der Waals surface area (Å²) >= 11 is 0. The number of nitrogens with one attached hydrogen (secondary N) is 2. The molecule has 2 aromatic rings. The highest BCUT2D eigenvalue weighted by atomic mass is 19.1. The average Bonchev–Trinajstić information content (AvgIpc) is 2.78. The lowest BCUT2D eigenvalue weighted by Gasteiger charge is -2.17. The lowest BCUT2D eigenvalue weighted by molar-refractivity contribution is 0.614. The van der Waals surface area contributed by atoms with Crippen molar-refractivity contribution in [3.05, 3.63) is 41.8 Å². The number of hydrogen-bond donors (Lipinski definition) is 2. The van der Waals surface area contributed by atoms with Crippen molar-refractivity contribution in [3.8, 4) is 0 Å². The first-order valence-corrected chi connectivity index (χ1v) is 8.34. The minimum atomic E-state index is -0.290. The number of aromatic nitrogens is 2. The van der Waals surface area contributed by atoms with Crippen molar-refractivity contribution < 1.29 is 4.39 Å². The molecular formula is C18H23FN4. The molecule has 0 unspecified atom stereocenters. The first kappa shape index (κ1) is 15.7. The van der Waals surface area contributed by atoms with Crippen molar-refractivity contribution in [2.24, 2.45) is 0 Å². The Morgan fingerprint density at radius 3 is 2.52 bits per heavy atom. The molecule has 0 aliphatic heterocycles. The van der Waals surface area contributed by atoms with Crippen LogP contribution < -0.4 is 10.6 Å². The predicted octanol–water partition coefficient (Wildman–Crippen LogP) is 4.80. The normalized spacial score (nSPS) is 15.9. The Bertz CT molecular complexity index is 651. The van der Waals surface area contributed by atoms with Gasteiger partial charge in [0.25, 0.3) is 0 Å². The largest absolute Gasteiger partial charge is 0.351 e. The Hall–Kier alpha value is -2.17. The molecule has 4 nitrogen and oxygen atoms in total. The second-order valence-corrected chi connectivity index (χ2v) is 6.16. The maximum Gasteiger partial charge on any atom is 0.225 e. The van der Waals surface area contributed by atoms with E-state index in [1.165, 1.54) is 31.7 Å². The molecule has 5 heteroatoms. The van der Waals surface area contributed by atoms with Crippen LogP contribution in [0.1, 0.15) is 44.2 Å². The van der Waals surface area contributed by atoms with Gasteiger partial charge in [-0.1, -0.05) is 37.8 Å². The Labute approximate surface area is 136 Å². The first-order valence-electron chi connectivity index (χ1n) is 8.34. The average molecular weight is 314 g/mol. The monoisotopic (exact) mass is 314 g/mol. The molecule has 0 bridgehead atoms. The second-order valence-electron chi connectivity index (χ2n) is 6.16. The zero-order valence-electron chi connectivity index (χ0n) is 13.5. The molecule has 1 aliphatic rings. The Balaban J connectivity index is 1.74. The van der Waals surface area contributed by atoms with E-state index in [4.69, 9.17) is 0 Å². The Morgan fingerprint density at radius 1 is 1.04 bits per heavy atom. The SMILES string of the molecule is Cc1cc(Nc2ccccc2F)nc(NC2CCCCCC2)n1. The van der Waals surface area contributed by atoms with Crippen molar-refractivity contribution in [3.63, 3.8) is 0 Å². The fourth-order valence-corrected chi connectivity index (χ4v) is 3.00. The minimum absolute atomic E-state index is 0.290. The molecule has 0 atom stereocenters.